The van der Waals surface area contributed by atoms with Gasteiger partial charge < -0.3 is 0 Å². The van der Waals surface area contributed by atoms with E-state index in [9.17, 15) is 0 Å². The van der Waals surface area contributed by atoms with Crippen LogP contribution in [0.5, 0.6) is 0 Å². The lowest BCUT2D eigenvalue weighted by Crippen LogP contribution is -2.05. The lowest BCUT2D eigenvalue weighted by atomic mass is 9.88. The van der Waals surface area contributed by atoms with Crippen LogP contribution in [-0.2, 0) is 0 Å². The summed E-state index contributed by atoms with van der Waals surface area (Å²) in [6.07, 6.45) is 13.9. The Hall–Kier alpha value is -3.01. The van der Waals surface area contributed by atoms with Crippen LogP contribution in [0.4, 0.5) is 0 Å². The third kappa shape index (κ3) is 35.8. The Balaban J connectivity index is -0.000000183. The molecule has 0 spiro atoms. The van der Waals surface area contributed by atoms with Crippen LogP contribution in [0.2, 0.25) is 0 Å². The van der Waals surface area contributed by atoms with E-state index in [0.717, 1.165) is 11.1 Å². The van der Waals surface area contributed by atoms with Gasteiger partial charge in [0, 0.05) is 17.7 Å². The molecule has 0 fully saturated rings. The van der Waals surface area contributed by atoms with Crippen LogP contribution in [-0.4, -0.2) is 0 Å². The predicted molar refractivity (Wildman–Crippen MR) is 154 cm³/mol. The van der Waals surface area contributed by atoms with Crippen LogP contribution >= 0.6 is 0 Å². The molecule has 0 saturated heterocycles. The van der Waals surface area contributed by atoms with Crippen LogP contribution in [0.25, 0.3) is 0 Å². The van der Waals surface area contributed by atoms with Crippen molar-refractivity contribution in [3.05, 3.63) is 47.1 Å². The van der Waals surface area contributed by atoms with Crippen molar-refractivity contribution in [2.45, 2.75) is 104 Å². The van der Waals surface area contributed by atoms with Gasteiger partial charge in [-0.05, 0) is 48.5 Å². The highest BCUT2D eigenvalue weighted by Gasteiger charge is 2.11. The maximum absolute atomic E-state index is 8.38. The Labute approximate surface area is 218 Å². The quantitative estimate of drug-likeness (QED) is 0.257. The second kappa shape index (κ2) is 18.3. The SMILES string of the molecule is C#C/C=C(\C)C(C)(C)C.C/C(=C/C#N)C(C)(C)C.C/C(C#N)=C\C(C)(C)C.CC(C)(C)/C=C/C#N. The van der Waals surface area contributed by atoms with E-state index < -0.39 is 0 Å². The smallest absolute Gasteiger partial charge is 0.0940 e. The van der Waals surface area contributed by atoms with Crippen molar-refractivity contribution in [1.82, 2.24) is 0 Å². The molecule has 0 saturated carbocycles. The Morgan fingerprint density at radius 2 is 1.03 bits per heavy atom. The maximum Gasteiger partial charge on any atom is 0.0940 e. The first-order chi connectivity index (χ1) is 15.5. The fourth-order valence-electron chi connectivity index (χ4n) is 1.62. The van der Waals surface area contributed by atoms with E-state index in [1.807, 2.05) is 44.2 Å². The fourth-order valence-corrected chi connectivity index (χ4v) is 1.62. The van der Waals surface area contributed by atoms with Crippen molar-refractivity contribution in [3.8, 4) is 30.6 Å². The Morgan fingerprint density at radius 1 is 0.629 bits per heavy atom. The number of nitrogens with zero attached hydrogens (tertiary/aromatic N) is 3. The van der Waals surface area contributed by atoms with Crippen LogP contribution in [0.1, 0.15) is 104 Å². The molecular weight excluding hydrogens is 426 g/mol. The van der Waals surface area contributed by atoms with Gasteiger partial charge >= 0.3 is 0 Å². The molecule has 0 rings (SSSR count). The van der Waals surface area contributed by atoms with E-state index in [2.05, 4.69) is 102 Å². The number of nitriles is 3. The summed E-state index contributed by atoms with van der Waals surface area (Å²) < 4.78 is 0. The highest BCUT2D eigenvalue weighted by Crippen LogP contribution is 2.24. The van der Waals surface area contributed by atoms with Crippen molar-refractivity contribution in [2.75, 3.05) is 0 Å². The van der Waals surface area contributed by atoms with E-state index in [4.69, 9.17) is 22.2 Å². The Bertz CT molecular complexity index is 842. The van der Waals surface area contributed by atoms with Crippen molar-refractivity contribution < 1.29 is 0 Å². The third-order valence-electron chi connectivity index (χ3n) is 4.43. The highest BCUT2D eigenvalue weighted by atomic mass is 14.2. The molecular formula is C32H51N3. The van der Waals surface area contributed by atoms with Gasteiger partial charge in [-0.3, -0.25) is 0 Å². The van der Waals surface area contributed by atoms with Crippen LogP contribution in [0, 0.1) is 68.0 Å². The van der Waals surface area contributed by atoms with Gasteiger partial charge in [0.1, 0.15) is 0 Å². The van der Waals surface area contributed by atoms with Gasteiger partial charge in [-0.15, -0.1) is 6.42 Å². The summed E-state index contributed by atoms with van der Waals surface area (Å²) in [5.41, 5.74) is 3.84. The highest BCUT2D eigenvalue weighted by molar-refractivity contribution is 5.20. The summed E-state index contributed by atoms with van der Waals surface area (Å²) in [5, 5.41) is 24.7. The lowest BCUT2D eigenvalue weighted by molar-refractivity contribution is 0.504. The first kappa shape index (κ1) is 39.2. The number of terminal acetylenes is 1. The van der Waals surface area contributed by atoms with Gasteiger partial charge in [0.2, 0.25) is 0 Å². The zero-order chi connectivity index (χ0) is 29.1. The lowest BCUT2D eigenvalue weighted by Gasteiger charge is -2.17. The molecule has 0 aliphatic heterocycles. The zero-order valence-corrected chi connectivity index (χ0v) is 25.3. The molecule has 3 heteroatoms. The van der Waals surface area contributed by atoms with E-state index in [-0.39, 0.29) is 21.7 Å². The maximum atomic E-state index is 8.38. The summed E-state index contributed by atoms with van der Waals surface area (Å²) in [4.78, 5) is 0. The second-order valence-corrected chi connectivity index (χ2v) is 12.6. The predicted octanol–water partition coefficient (Wildman–Crippen LogP) is 9.73. The van der Waals surface area contributed by atoms with Gasteiger partial charge in [0.15, 0.2) is 0 Å². The van der Waals surface area contributed by atoms with Crippen molar-refractivity contribution in [2.24, 2.45) is 21.7 Å². The summed E-state index contributed by atoms with van der Waals surface area (Å²) in [6.45, 7) is 31.0. The summed E-state index contributed by atoms with van der Waals surface area (Å²) in [6, 6.07) is 6.04. The zero-order valence-electron chi connectivity index (χ0n) is 25.3. The Kier molecular flexibility index (Phi) is 20.5. The molecule has 0 heterocycles. The molecule has 0 aromatic rings. The average molecular weight is 478 g/mol. The number of allylic oxidation sites excluding steroid dienone is 8. The topological polar surface area (TPSA) is 71.4 Å². The summed E-state index contributed by atoms with van der Waals surface area (Å²) >= 11 is 0. The molecule has 0 aliphatic carbocycles. The average Bonchev–Trinajstić information content (AvgIpc) is 2.65. The first-order valence-electron chi connectivity index (χ1n) is 11.9. The molecule has 0 aromatic heterocycles. The molecule has 3 nitrogen and oxygen atoms in total. The fraction of sp³-hybridized carbons (Fsp3) is 0.594. The first-order valence-corrected chi connectivity index (χ1v) is 11.9. The molecule has 0 amide bonds. The minimum Gasteiger partial charge on any atom is -0.193 e. The molecule has 0 radical (unpaired) electrons. The number of hydrogen-bond donors (Lipinski definition) is 0. The molecule has 194 valence electrons. The van der Waals surface area contributed by atoms with Crippen molar-refractivity contribution in [3.63, 3.8) is 0 Å². The normalized spacial score (nSPS) is 12.7. The van der Waals surface area contributed by atoms with Crippen molar-refractivity contribution in [1.29, 1.82) is 15.8 Å². The molecule has 35 heavy (non-hydrogen) atoms. The summed E-state index contributed by atoms with van der Waals surface area (Å²) in [5.74, 6) is 2.51. The van der Waals surface area contributed by atoms with Gasteiger partial charge in [0.05, 0.1) is 18.2 Å². The Morgan fingerprint density at radius 3 is 1.14 bits per heavy atom. The van der Waals surface area contributed by atoms with Crippen LogP contribution < -0.4 is 0 Å². The van der Waals surface area contributed by atoms with E-state index in [1.54, 1.807) is 6.08 Å². The van der Waals surface area contributed by atoms with Gasteiger partial charge in [-0.25, -0.2) is 0 Å². The van der Waals surface area contributed by atoms with Crippen LogP contribution in [0.3, 0.4) is 0 Å². The monoisotopic (exact) mass is 477 g/mol. The number of hydrogen-bond acceptors (Lipinski definition) is 3. The molecule has 0 unspecified atom stereocenters. The van der Waals surface area contributed by atoms with Gasteiger partial charge in [-0.1, -0.05) is 112 Å². The van der Waals surface area contributed by atoms with E-state index in [1.165, 1.54) is 11.6 Å². The molecule has 0 atom stereocenters. The summed E-state index contributed by atoms with van der Waals surface area (Å²) in [7, 11) is 0. The standard InChI is InChI=1S/C9H14.2C8H13N.C7H11N/c1-6-7-8(2)9(3,4)5;1-7(6-9)5-8(2,3)4;1-7(5-6-9)8(2,3)4;1-7(2,3)5-4-6-8/h1,7H,2-5H3;2*5H,1-4H3;4-5H,1-3H3/b8-7+;7-5+;7-5-;5-4+. The largest absolute Gasteiger partial charge is 0.193 e. The van der Waals surface area contributed by atoms with Gasteiger partial charge in [0.25, 0.3) is 0 Å². The second-order valence-electron chi connectivity index (χ2n) is 12.6. The molecule has 0 bridgehead atoms. The van der Waals surface area contributed by atoms with Gasteiger partial charge in [-0.2, -0.15) is 15.8 Å². The minimum atomic E-state index is 0.139. The molecule has 0 aromatic carbocycles. The number of rotatable bonds is 0. The molecule has 0 N–H and O–H groups in total. The van der Waals surface area contributed by atoms with Crippen molar-refractivity contribution >= 4 is 0 Å². The minimum absolute atomic E-state index is 0.139. The van der Waals surface area contributed by atoms with E-state index >= 15 is 0 Å². The van der Waals surface area contributed by atoms with Crippen LogP contribution in [0.15, 0.2) is 47.1 Å². The van der Waals surface area contributed by atoms with E-state index in [0.29, 0.717) is 0 Å². The molecule has 0 aliphatic rings. The third-order valence-corrected chi connectivity index (χ3v) is 4.43.